The number of methoxy groups -OCH3 is 1. The molecule has 3 aromatic rings. The van der Waals surface area contributed by atoms with Crippen LogP contribution >= 0.6 is 0 Å². The molecular formula is C15H14N4O2. The highest BCUT2D eigenvalue weighted by Crippen LogP contribution is 2.26. The fourth-order valence-corrected chi connectivity index (χ4v) is 2.17. The molecule has 1 amide bonds. The molecule has 0 saturated heterocycles. The number of aromatic nitrogens is 3. The fourth-order valence-electron chi connectivity index (χ4n) is 2.17. The highest BCUT2D eigenvalue weighted by atomic mass is 16.5. The zero-order valence-corrected chi connectivity index (χ0v) is 11.7. The average molecular weight is 282 g/mol. The van der Waals surface area contributed by atoms with Crippen LogP contribution in [0.1, 0.15) is 16.1 Å². The summed E-state index contributed by atoms with van der Waals surface area (Å²) in [4.78, 5) is 16.5. The van der Waals surface area contributed by atoms with Crippen molar-refractivity contribution >= 4 is 17.1 Å². The van der Waals surface area contributed by atoms with E-state index in [0.717, 1.165) is 11.2 Å². The first-order valence-electron chi connectivity index (χ1n) is 6.43. The number of anilines is 1. The molecule has 3 rings (SSSR count). The normalized spacial score (nSPS) is 10.6. The molecule has 0 aliphatic carbocycles. The van der Waals surface area contributed by atoms with Gasteiger partial charge in [0.05, 0.1) is 24.0 Å². The van der Waals surface area contributed by atoms with Crippen LogP contribution in [0.2, 0.25) is 0 Å². The molecular weight excluding hydrogens is 268 g/mol. The van der Waals surface area contributed by atoms with Crippen LogP contribution in [0.3, 0.4) is 0 Å². The molecule has 0 spiro atoms. The molecule has 0 radical (unpaired) electrons. The SMILES string of the molecule is COc1c(NC(=O)c2ccn3nccc3c2)ccnc1C. The highest BCUT2D eigenvalue weighted by molar-refractivity contribution is 6.05. The number of amides is 1. The number of nitrogens with one attached hydrogen (secondary N) is 1. The predicted octanol–water partition coefficient (Wildman–Crippen LogP) is 2.30. The van der Waals surface area contributed by atoms with Gasteiger partial charge in [-0.25, -0.2) is 4.52 Å². The van der Waals surface area contributed by atoms with E-state index in [4.69, 9.17) is 4.74 Å². The van der Waals surface area contributed by atoms with E-state index < -0.39 is 0 Å². The van der Waals surface area contributed by atoms with Crippen LogP contribution < -0.4 is 10.1 Å². The van der Waals surface area contributed by atoms with E-state index in [0.29, 0.717) is 17.0 Å². The van der Waals surface area contributed by atoms with Gasteiger partial charge < -0.3 is 10.1 Å². The van der Waals surface area contributed by atoms with E-state index in [1.54, 1.807) is 48.4 Å². The molecule has 3 aromatic heterocycles. The molecule has 0 bridgehead atoms. The summed E-state index contributed by atoms with van der Waals surface area (Å²) in [5.41, 5.74) is 2.74. The van der Waals surface area contributed by atoms with Crippen molar-refractivity contribution in [2.45, 2.75) is 6.92 Å². The molecule has 0 unspecified atom stereocenters. The van der Waals surface area contributed by atoms with Crippen molar-refractivity contribution in [3.8, 4) is 5.75 Å². The zero-order valence-electron chi connectivity index (χ0n) is 11.7. The number of pyridine rings is 2. The number of aryl methyl sites for hydroxylation is 1. The summed E-state index contributed by atoms with van der Waals surface area (Å²) in [7, 11) is 1.55. The lowest BCUT2D eigenvalue weighted by Crippen LogP contribution is -2.13. The minimum Gasteiger partial charge on any atom is -0.493 e. The van der Waals surface area contributed by atoms with Crippen LogP contribution in [0, 0.1) is 6.92 Å². The van der Waals surface area contributed by atoms with Gasteiger partial charge in [0, 0.05) is 24.2 Å². The van der Waals surface area contributed by atoms with Gasteiger partial charge in [0.15, 0.2) is 5.75 Å². The Balaban J connectivity index is 1.91. The summed E-state index contributed by atoms with van der Waals surface area (Å²) in [5, 5.41) is 6.94. The lowest BCUT2D eigenvalue weighted by atomic mass is 10.2. The van der Waals surface area contributed by atoms with Gasteiger partial charge in [-0.3, -0.25) is 9.78 Å². The van der Waals surface area contributed by atoms with Gasteiger partial charge >= 0.3 is 0 Å². The third-order valence-electron chi connectivity index (χ3n) is 3.20. The van der Waals surface area contributed by atoms with E-state index in [-0.39, 0.29) is 5.91 Å². The predicted molar refractivity (Wildman–Crippen MR) is 78.7 cm³/mol. The van der Waals surface area contributed by atoms with Gasteiger partial charge in [-0.15, -0.1) is 0 Å². The first-order valence-corrected chi connectivity index (χ1v) is 6.43. The summed E-state index contributed by atoms with van der Waals surface area (Å²) in [6, 6.07) is 7.05. The Bertz CT molecular complexity index is 810. The Hall–Kier alpha value is -2.89. The van der Waals surface area contributed by atoms with Crippen LogP contribution in [-0.4, -0.2) is 27.6 Å². The van der Waals surface area contributed by atoms with Gasteiger partial charge in [-0.05, 0) is 31.2 Å². The summed E-state index contributed by atoms with van der Waals surface area (Å²) in [6.07, 6.45) is 5.07. The Morgan fingerprint density at radius 2 is 2.14 bits per heavy atom. The lowest BCUT2D eigenvalue weighted by Gasteiger charge is -2.11. The number of nitrogens with zero attached hydrogens (tertiary/aromatic N) is 3. The van der Waals surface area contributed by atoms with Gasteiger partial charge in [0.1, 0.15) is 0 Å². The summed E-state index contributed by atoms with van der Waals surface area (Å²) in [6.45, 7) is 1.83. The summed E-state index contributed by atoms with van der Waals surface area (Å²) in [5.74, 6) is 0.360. The minimum atomic E-state index is -0.206. The first kappa shape index (κ1) is 13.1. The standard InChI is InChI=1S/C15H14N4O2/c1-10-14(21-2)13(4-6-16-10)18-15(20)11-5-8-19-12(9-11)3-7-17-19/h3-9H,1-2H3,(H,16,18,20). The molecule has 0 atom stereocenters. The maximum Gasteiger partial charge on any atom is 0.255 e. The van der Waals surface area contributed by atoms with Crippen molar-refractivity contribution in [1.82, 2.24) is 14.6 Å². The van der Waals surface area contributed by atoms with Gasteiger partial charge in [-0.1, -0.05) is 0 Å². The smallest absolute Gasteiger partial charge is 0.255 e. The third kappa shape index (κ3) is 2.43. The van der Waals surface area contributed by atoms with Crippen molar-refractivity contribution in [3.63, 3.8) is 0 Å². The second kappa shape index (κ2) is 5.24. The van der Waals surface area contributed by atoms with Crippen LogP contribution in [0.15, 0.2) is 42.9 Å². The van der Waals surface area contributed by atoms with Crippen LogP contribution in [0.4, 0.5) is 5.69 Å². The molecule has 106 valence electrons. The molecule has 6 heteroatoms. The van der Waals surface area contributed by atoms with Crippen molar-refractivity contribution in [2.75, 3.05) is 12.4 Å². The molecule has 21 heavy (non-hydrogen) atoms. The number of hydrogen-bond acceptors (Lipinski definition) is 4. The Kier molecular flexibility index (Phi) is 3.27. The van der Waals surface area contributed by atoms with Crippen molar-refractivity contribution in [1.29, 1.82) is 0 Å². The second-order valence-corrected chi connectivity index (χ2v) is 4.55. The summed E-state index contributed by atoms with van der Waals surface area (Å²) < 4.78 is 6.98. The van der Waals surface area contributed by atoms with Crippen LogP contribution in [-0.2, 0) is 0 Å². The van der Waals surface area contributed by atoms with E-state index in [1.165, 1.54) is 0 Å². The molecule has 0 aliphatic rings. The van der Waals surface area contributed by atoms with Gasteiger partial charge in [0.2, 0.25) is 0 Å². The highest BCUT2D eigenvalue weighted by Gasteiger charge is 2.12. The number of hydrogen-bond donors (Lipinski definition) is 1. The Labute approximate surface area is 121 Å². The van der Waals surface area contributed by atoms with Crippen LogP contribution in [0.5, 0.6) is 5.75 Å². The zero-order chi connectivity index (χ0) is 14.8. The van der Waals surface area contributed by atoms with Crippen molar-refractivity contribution in [3.05, 3.63) is 54.1 Å². The number of fused-ring (bicyclic) bond motifs is 1. The molecule has 0 aliphatic heterocycles. The molecule has 3 heterocycles. The van der Waals surface area contributed by atoms with E-state index in [2.05, 4.69) is 15.4 Å². The van der Waals surface area contributed by atoms with Crippen LogP contribution in [0.25, 0.3) is 5.52 Å². The Morgan fingerprint density at radius 3 is 2.95 bits per heavy atom. The first-order chi connectivity index (χ1) is 10.2. The topological polar surface area (TPSA) is 68.5 Å². The number of rotatable bonds is 3. The van der Waals surface area contributed by atoms with E-state index in [1.807, 2.05) is 13.0 Å². The maximum atomic E-state index is 12.3. The molecule has 0 saturated carbocycles. The lowest BCUT2D eigenvalue weighted by molar-refractivity contribution is 0.102. The Morgan fingerprint density at radius 1 is 1.29 bits per heavy atom. The monoisotopic (exact) mass is 282 g/mol. The third-order valence-corrected chi connectivity index (χ3v) is 3.20. The molecule has 0 aromatic carbocycles. The quantitative estimate of drug-likeness (QED) is 0.800. The molecule has 6 nitrogen and oxygen atoms in total. The van der Waals surface area contributed by atoms with Crippen molar-refractivity contribution < 1.29 is 9.53 Å². The minimum absolute atomic E-state index is 0.206. The second-order valence-electron chi connectivity index (χ2n) is 4.55. The summed E-state index contributed by atoms with van der Waals surface area (Å²) >= 11 is 0. The number of carbonyl (C=O) groups is 1. The molecule has 1 N–H and O–H groups in total. The average Bonchev–Trinajstić information content (AvgIpc) is 2.94. The maximum absolute atomic E-state index is 12.3. The largest absolute Gasteiger partial charge is 0.493 e. The van der Waals surface area contributed by atoms with Gasteiger partial charge in [-0.2, -0.15) is 5.10 Å². The molecule has 0 fully saturated rings. The van der Waals surface area contributed by atoms with Crippen molar-refractivity contribution in [2.24, 2.45) is 0 Å². The van der Waals surface area contributed by atoms with E-state index in [9.17, 15) is 4.79 Å². The van der Waals surface area contributed by atoms with E-state index >= 15 is 0 Å². The number of ether oxygens (including phenoxy) is 1. The van der Waals surface area contributed by atoms with Gasteiger partial charge in [0.25, 0.3) is 5.91 Å². The fraction of sp³-hybridized carbons (Fsp3) is 0.133. The number of carbonyl (C=O) groups excluding carboxylic acids is 1.